The van der Waals surface area contributed by atoms with E-state index >= 15 is 0 Å². The molecule has 0 bridgehead atoms. The first-order valence-corrected chi connectivity index (χ1v) is 6.68. The summed E-state index contributed by atoms with van der Waals surface area (Å²) in [5.41, 5.74) is 5.61. The number of rotatable bonds is 9. The fraction of sp³-hybridized carbons (Fsp3) is 0.750. The molecule has 19 heavy (non-hydrogen) atoms. The zero-order valence-electron chi connectivity index (χ0n) is 11.6. The Hall–Kier alpha value is -1.63. The molecule has 108 valence electrons. The minimum atomic E-state index is 0.138. The zero-order valence-corrected chi connectivity index (χ0v) is 11.6. The molecule has 4 N–H and O–H groups in total. The van der Waals surface area contributed by atoms with Crippen molar-refractivity contribution in [2.75, 3.05) is 30.8 Å². The monoisotopic (exact) mass is 269 g/mol. The third-order valence-corrected chi connectivity index (χ3v) is 2.73. The lowest BCUT2D eigenvalue weighted by Crippen LogP contribution is -2.17. The molecule has 1 aromatic heterocycles. The Morgan fingerprint density at radius 2 is 2.11 bits per heavy atom. The second-order valence-corrected chi connectivity index (χ2v) is 4.32. The molecular weight excluding hydrogens is 246 g/mol. The van der Waals surface area contributed by atoms with Gasteiger partial charge in [0.2, 0.25) is 11.9 Å². The van der Waals surface area contributed by atoms with Crippen LogP contribution >= 0.6 is 0 Å². The van der Waals surface area contributed by atoms with Crippen LogP contribution < -0.4 is 15.8 Å². The van der Waals surface area contributed by atoms with Crippen LogP contribution in [0.1, 0.15) is 33.1 Å². The summed E-state index contributed by atoms with van der Waals surface area (Å²) in [5, 5.41) is 12.0. The lowest BCUT2D eigenvalue weighted by molar-refractivity contribution is 0.258. The molecule has 0 aliphatic rings. The van der Waals surface area contributed by atoms with Crippen LogP contribution in [0.5, 0.6) is 6.01 Å². The summed E-state index contributed by atoms with van der Waals surface area (Å²) in [6.07, 6.45) is 2.61. The molecule has 1 atom stereocenters. The molecule has 0 radical (unpaired) electrons. The summed E-state index contributed by atoms with van der Waals surface area (Å²) in [6, 6.07) is 0.243. The van der Waals surface area contributed by atoms with Crippen molar-refractivity contribution in [3.05, 3.63) is 0 Å². The van der Waals surface area contributed by atoms with Crippen LogP contribution in [0.2, 0.25) is 0 Å². The summed E-state index contributed by atoms with van der Waals surface area (Å²) >= 11 is 0. The summed E-state index contributed by atoms with van der Waals surface area (Å²) in [5.74, 6) is 0.928. The SMILES string of the molecule is CCCOc1nc(N)nc(NCC(CC)CCO)n1. The number of hydrogen-bond donors (Lipinski definition) is 3. The van der Waals surface area contributed by atoms with Gasteiger partial charge in [0.05, 0.1) is 6.61 Å². The van der Waals surface area contributed by atoms with Crippen molar-refractivity contribution < 1.29 is 9.84 Å². The number of nitrogen functional groups attached to an aromatic ring is 1. The Balaban J connectivity index is 2.59. The van der Waals surface area contributed by atoms with Gasteiger partial charge < -0.3 is 20.9 Å². The number of anilines is 2. The Kier molecular flexibility index (Phi) is 6.88. The van der Waals surface area contributed by atoms with Gasteiger partial charge in [0, 0.05) is 13.2 Å². The van der Waals surface area contributed by atoms with Crippen LogP contribution in [0, 0.1) is 5.92 Å². The zero-order chi connectivity index (χ0) is 14.1. The van der Waals surface area contributed by atoms with Crippen LogP contribution in [-0.2, 0) is 0 Å². The molecule has 0 amide bonds. The van der Waals surface area contributed by atoms with Crippen LogP contribution in [0.15, 0.2) is 0 Å². The third-order valence-electron chi connectivity index (χ3n) is 2.73. The standard InChI is InChI=1S/C12H23N5O2/c1-3-7-19-12-16-10(13)15-11(17-12)14-8-9(4-2)5-6-18/h9,18H,3-8H2,1-2H3,(H3,13,14,15,16,17). The molecule has 0 spiro atoms. The molecule has 1 aromatic rings. The Bertz CT molecular complexity index is 375. The maximum atomic E-state index is 8.94. The Morgan fingerprint density at radius 3 is 2.74 bits per heavy atom. The van der Waals surface area contributed by atoms with E-state index in [-0.39, 0.29) is 18.6 Å². The van der Waals surface area contributed by atoms with Crippen LogP contribution in [-0.4, -0.2) is 39.8 Å². The molecule has 1 unspecified atom stereocenters. The number of hydrogen-bond acceptors (Lipinski definition) is 7. The molecule has 0 aliphatic heterocycles. The predicted octanol–water partition coefficient (Wildman–Crippen LogP) is 1.06. The van der Waals surface area contributed by atoms with Crippen LogP contribution in [0.4, 0.5) is 11.9 Å². The van der Waals surface area contributed by atoms with Gasteiger partial charge in [0.15, 0.2) is 0 Å². The van der Waals surface area contributed by atoms with Gasteiger partial charge in [0.1, 0.15) is 0 Å². The quantitative estimate of drug-likeness (QED) is 0.615. The Labute approximate surface area is 113 Å². The summed E-state index contributed by atoms with van der Waals surface area (Å²) in [4.78, 5) is 12.1. The molecule has 0 saturated heterocycles. The van der Waals surface area contributed by atoms with Gasteiger partial charge >= 0.3 is 6.01 Å². The second-order valence-electron chi connectivity index (χ2n) is 4.32. The molecule has 1 heterocycles. The average molecular weight is 269 g/mol. The van der Waals surface area contributed by atoms with Crippen molar-refractivity contribution in [2.45, 2.75) is 33.1 Å². The van der Waals surface area contributed by atoms with Gasteiger partial charge in [-0.3, -0.25) is 0 Å². The lowest BCUT2D eigenvalue weighted by Gasteiger charge is -2.14. The van der Waals surface area contributed by atoms with Gasteiger partial charge in [-0.25, -0.2) is 0 Å². The molecule has 0 fully saturated rings. The first-order valence-electron chi connectivity index (χ1n) is 6.68. The van der Waals surface area contributed by atoms with Crippen molar-refractivity contribution in [1.29, 1.82) is 0 Å². The van der Waals surface area contributed by atoms with Crippen molar-refractivity contribution >= 4 is 11.9 Å². The highest BCUT2D eigenvalue weighted by molar-refractivity contribution is 5.32. The minimum Gasteiger partial charge on any atom is -0.463 e. The number of ether oxygens (including phenoxy) is 1. The molecule has 7 heteroatoms. The number of aliphatic hydroxyl groups excluding tert-OH is 1. The largest absolute Gasteiger partial charge is 0.463 e. The van der Waals surface area contributed by atoms with Gasteiger partial charge in [-0.05, 0) is 18.8 Å². The third kappa shape index (κ3) is 5.69. The van der Waals surface area contributed by atoms with Gasteiger partial charge in [-0.15, -0.1) is 0 Å². The summed E-state index contributed by atoms with van der Waals surface area (Å²) in [7, 11) is 0. The summed E-state index contributed by atoms with van der Waals surface area (Å²) < 4.78 is 5.34. The minimum absolute atomic E-state index is 0.138. The van der Waals surface area contributed by atoms with Crippen LogP contribution in [0.25, 0.3) is 0 Å². The fourth-order valence-corrected chi connectivity index (χ4v) is 1.58. The number of nitrogens with two attached hydrogens (primary N) is 1. The van der Waals surface area contributed by atoms with Crippen molar-refractivity contribution in [2.24, 2.45) is 5.92 Å². The highest BCUT2D eigenvalue weighted by atomic mass is 16.5. The number of nitrogens with one attached hydrogen (secondary N) is 1. The second kappa shape index (κ2) is 8.47. The topological polar surface area (TPSA) is 106 Å². The van der Waals surface area contributed by atoms with E-state index in [1.165, 1.54) is 0 Å². The maximum Gasteiger partial charge on any atom is 0.323 e. The summed E-state index contributed by atoms with van der Waals surface area (Å²) in [6.45, 7) is 5.51. The Morgan fingerprint density at radius 1 is 1.32 bits per heavy atom. The molecule has 7 nitrogen and oxygen atoms in total. The smallest absolute Gasteiger partial charge is 0.323 e. The van der Waals surface area contributed by atoms with E-state index in [4.69, 9.17) is 15.6 Å². The molecule has 1 rings (SSSR count). The van der Waals surface area contributed by atoms with E-state index < -0.39 is 0 Å². The molecular formula is C12H23N5O2. The first kappa shape index (κ1) is 15.4. The van der Waals surface area contributed by atoms with Crippen molar-refractivity contribution in [1.82, 2.24) is 15.0 Å². The normalized spacial score (nSPS) is 12.2. The number of aliphatic hydroxyl groups is 1. The van der Waals surface area contributed by atoms with E-state index in [9.17, 15) is 0 Å². The first-order chi connectivity index (χ1) is 9.19. The highest BCUT2D eigenvalue weighted by Gasteiger charge is 2.09. The van der Waals surface area contributed by atoms with E-state index in [0.717, 1.165) is 19.3 Å². The molecule has 0 aromatic carbocycles. The molecule has 0 saturated carbocycles. The van der Waals surface area contributed by atoms with E-state index in [1.54, 1.807) is 0 Å². The van der Waals surface area contributed by atoms with E-state index in [0.29, 0.717) is 25.0 Å². The molecule has 0 aliphatic carbocycles. The van der Waals surface area contributed by atoms with Crippen LogP contribution in [0.3, 0.4) is 0 Å². The van der Waals surface area contributed by atoms with Gasteiger partial charge in [-0.2, -0.15) is 15.0 Å². The maximum absolute atomic E-state index is 8.94. The highest BCUT2D eigenvalue weighted by Crippen LogP contribution is 2.12. The van der Waals surface area contributed by atoms with E-state index in [1.807, 2.05) is 6.92 Å². The lowest BCUT2D eigenvalue weighted by atomic mass is 10.0. The van der Waals surface area contributed by atoms with Gasteiger partial charge in [0.25, 0.3) is 0 Å². The number of nitrogens with zero attached hydrogens (tertiary/aromatic N) is 3. The fourth-order valence-electron chi connectivity index (χ4n) is 1.58. The predicted molar refractivity (Wildman–Crippen MR) is 74.0 cm³/mol. The van der Waals surface area contributed by atoms with E-state index in [2.05, 4.69) is 27.2 Å². The van der Waals surface area contributed by atoms with Crippen molar-refractivity contribution in [3.63, 3.8) is 0 Å². The van der Waals surface area contributed by atoms with Crippen molar-refractivity contribution in [3.8, 4) is 6.01 Å². The van der Waals surface area contributed by atoms with Gasteiger partial charge in [-0.1, -0.05) is 20.3 Å². The average Bonchev–Trinajstić information content (AvgIpc) is 2.40. The number of aromatic nitrogens is 3.